The fourth-order valence-corrected chi connectivity index (χ4v) is 3.68. The Morgan fingerprint density at radius 3 is 2.80 bits per heavy atom. The summed E-state index contributed by atoms with van der Waals surface area (Å²) in [5.74, 6) is -0.518. The summed E-state index contributed by atoms with van der Waals surface area (Å²) in [5, 5.41) is 12.6. The van der Waals surface area contributed by atoms with Gasteiger partial charge in [0.15, 0.2) is 0 Å². The number of hydrogen-bond acceptors (Lipinski definition) is 3. The van der Waals surface area contributed by atoms with Gasteiger partial charge in [-0.25, -0.2) is 4.79 Å². The third-order valence-corrected chi connectivity index (χ3v) is 4.96. The van der Waals surface area contributed by atoms with Crippen LogP contribution in [0.25, 0.3) is 0 Å². The number of rotatable bonds is 4. The Bertz CT molecular complexity index is 529. The first-order valence-electron chi connectivity index (χ1n) is 6.33. The maximum absolute atomic E-state index is 12.3. The summed E-state index contributed by atoms with van der Waals surface area (Å²) < 4.78 is 0. The summed E-state index contributed by atoms with van der Waals surface area (Å²) in [6, 6.07) is 7.05. The molecule has 0 radical (unpaired) electrons. The molecule has 2 unspecified atom stereocenters. The molecular formula is C14H16ClNO3S. The van der Waals surface area contributed by atoms with E-state index < -0.39 is 17.4 Å². The minimum atomic E-state index is -1.13. The SMILES string of the molecule is CC(C(=O)NC1(C(=O)O)CCSC1)c1cccc(Cl)c1. The van der Waals surface area contributed by atoms with Crippen molar-refractivity contribution in [3.8, 4) is 0 Å². The standard InChI is InChI=1S/C14H16ClNO3S/c1-9(10-3-2-4-11(15)7-10)12(17)16-14(13(18)19)5-6-20-8-14/h2-4,7,9H,5-6,8H2,1H3,(H,16,17)(H,18,19). The second-order valence-electron chi connectivity index (χ2n) is 4.96. The van der Waals surface area contributed by atoms with E-state index in [1.807, 2.05) is 6.07 Å². The van der Waals surface area contributed by atoms with Crippen LogP contribution in [0.4, 0.5) is 0 Å². The molecule has 1 aromatic carbocycles. The van der Waals surface area contributed by atoms with E-state index in [0.717, 1.165) is 11.3 Å². The number of carbonyl (C=O) groups excluding carboxylic acids is 1. The highest BCUT2D eigenvalue weighted by Crippen LogP contribution is 2.29. The number of benzene rings is 1. The largest absolute Gasteiger partial charge is 0.479 e. The van der Waals surface area contributed by atoms with Gasteiger partial charge in [-0.15, -0.1) is 0 Å². The van der Waals surface area contributed by atoms with Crippen LogP contribution in [0.3, 0.4) is 0 Å². The van der Waals surface area contributed by atoms with Gasteiger partial charge in [-0.2, -0.15) is 11.8 Å². The molecule has 6 heteroatoms. The molecule has 20 heavy (non-hydrogen) atoms. The van der Waals surface area contributed by atoms with Gasteiger partial charge in [-0.1, -0.05) is 23.7 Å². The molecule has 0 aromatic heterocycles. The van der Waals surface area contributed by atoms with E-state index in [2.05, 4.69) is 5.32 Å². The van der Waals surface area contributed by atoms with Gasteiger partial charge in [0.25, 0.3) is 0 Å². The summed E-state index contributed by atoms with van der Waals surface area (Å²) in [5.41, 5.74) is -0.351. The lowest BCUT2D eigenvalue weighted by molar-refractivity contribution is -0.146. The van der Waals surface area contributed by atoms with Crippen LogP contribution in [-0.4, -0.2) is 34.0 Å². The van der Waals surface area contributed by atoms with Gasteiger partial charge < -0.3 is 10.4 Å². The predicted octanol–water partition coefficient (Wildman–Crippen LogP) is 2.52. The number of amides is 1. The summed E-state index contributed by atoms with van der Waals surface area (Å²) in [6.45, 7) is 1.75. The highest BCUT2D eigenvalue weighted by Gasteiger charge is 2.43. The molecule has 1 fully saturated rings. The highest BCUT2D eigenvalue weighted by molar-refractivity contribution is 7.99. The first-order chi connectivity index (χ1) is 9.44. The van der Waals surface area contributed by atoms with E-state index >= 15 is 0 Å². The molecule has 108 valence electrons. The topological polar surface area (TPSA) is 66.4 Å². The van der Waals surface area contributed by atoms with Gasteiger partial charge in [-0.3, -0.25) is 4.79 Å². The van der Waals surface area contributed by atoms with Crippen LogP contribution in [0.15, 0.2) is 24.3 Å². The Balaban J connectivity index is 2.13. The van der Waals surface area contributed by atoms with Gasteiger partial charge in [0.2, 0.25) is 5.91 Å². The molecule has 2 N–H and O–H groups in total. The van der Waals surface area contributed by atoms with Crippen LogP contribution < -0.4 is 5.32 Å². The second-order valence-corrected chi connectivity index (χ2v) is 6.50. The smallest absolute Gasteiger partial charge is 0.330 e. The summed E-state index contributed by atoms with van der Waals surface area (Å²) in [4.78, 5) is 23.7. The van der Waals surface area contributed by atoms with Crippen molar-refractivity contribution in [2.24, 2.45) is 0 Å². The van der Waals surface area contributed by atoms with Crippen molar-refractivity contribution in [1.82, 2.24) is 5.32 Å². The Kier molecular flexibility index (Phi) is 4.60. The molecular weight excluding hydrogens is 298 g/mol. The third-order valence-electron chi connectivity index (χ3n) is 3.54. The fraction of sp³-hybridized carbons (Fsp3) is 0.429. The minimum Gasteiger partial charge on any atom is -0.479 e. The van der Waals surface area contributed by atoms with E-state index in [1.165, 1.54) is 0 Å². The average molecular weight is 314 g/mol. The molecule has 1 saturated heterocycles. The van der Waals surface area contributed by atoms with Gasteiger partial charge in [0.1, 0.15) is 5.54 Å². The summed E-state index contributed by atoms with van der Waals surface area (Å²) in [6.07, 6.45) is 0.459. The number of carboxylic acid groups (broad SMARTS) is 1. The van der Waals surface area contributed by atoms with Crippen LogP contribution >= 0.6 is 23.4 Å². The Hall–Kier alpha value is -1.20. The van der Waals surface area contributed by atoms with Gasteiger partial charge in [-0.05, 0) is 36.8 Å². The van der Waals surface area contributed by atoms with Crippen molar-refractivity contribution >= 4 is 35.2 Å². The van der Waals surface area contributed by atoms with Crippen molar-refractivity contribution in [3.05, 3.63) is 34.9 Å². The van der Waals surface area contributed by atoms with E-state index in [1.54, 1.807) is 36.9 Å². The Labute approximate surface area is 126 Å². The van der Waals surface area contributed by atoms with Gasteiger partial charge in [0.05, 0.1) is 5.92 Å². The molecule has 1 amide bonds. The predicted molar refractivity (Wildman–Crippen MR) is 80.3 cm³/mol. The first kappa shape index (κ1) is 15.2. The third kappa shape index (κ3) is 3.10. The monoisotopic (exact) mass is 313 g/mol. The number of aliphatic carboxylic acids is 1. The zero-order valence-corrected chi connectivity index (χ0v) is 12.6. The summed E-state index contributed by atoms with van der Waals surface area (Å²) in [7, 11) is 0. The molecule has 0 aliphatic carbocycles. The van der Waals surface area contributed by atoms with Crippen LogP contribution in [0.5, 0.6) is 0 Å². The Morgan fingerprint density at radius 1 is 1.50 bits per heavy atom. The number of thioether (sulfide) groups is 1. The van der Waals surface area contributed by atoms with Crippen molar-refractivity contribution in [2.75, 3.05) is 11.5 Å². The zero-order chi connectivity index (χ0) is 14.8. The normalized spacial score (nSPS) is 23.3. The lowest BCUT2D eigenvalue weighted by Gasteiger charge is -2.26. The fourth-order valence-electron chi connectivity index (χ4n) is 2.16. The maximum Gasteiger partial charge on any atom is 0.330 e. The molecule has 1 heterocycles. The van der Waals surface area contributed by atoms with E-state index in [-0.39, 0.29) is 5.91 Å². The van der Waals surface area contributed by atoms with Crippen molar-refractivity contribution in [3.63, 3.8) is 0 Å². The number of carbonyl (C=O) groups is 2. The lowest BCUT2D eigenvalue weighted by Crippen LogP contribution is -2.55. The number of carboxylic acids is 1. The van der Waals surface area contributed by atoms with Gasteiger partial charge in [0, 0.05) is 10.8 Å². The van der Waals surface area contributed by atoms with Crippen LogP contribution in [-0.2, 0) is 9.59 Å². The van der Waals surface area contributed by atoms with Crippen LogP contribution in [0.1, 0.15) is 24.8 Å². The number of nitrogens with one attached hydrogen (secondary N) is 1. The van der Waals surface area contributed by atoms with E-state index in [9.17, 15) is 14.7 Å². The Morgan fingerprint density at radius 2 is 2.25 bits per heavy atom. The van der Waals surface area contributed by atoms with Crippen molar-refractivity contribution in [2.45, 2.75) is 24.8 Å². The van der Waals surface area contributed by atoms with Crippen LogP contribution in [0, 0.1) is 0 Å². The quantitative estimate of drug-likeness (QED) is 0.896. The lowest BCUT2D eigenvalue weighted by atomic mass is 9.95. The molecule has 1 aromatic rings. The molecule has 2 atom stereocenters. The minimum absolute atomic E-state index is 0.280. The van der Waals surface area contributed by atoms with Crippen LogP contribution in [0.2, 0.25) is 5.02 Å². The van der Waals surface area contributed by atoms with Crippen molar-refractivity contribution in [1.29, 1.82) is 0 Å². The zero-order valence-electron chi connectivity index (χ0n) is 11.1. The first-order valence-corrected chi connectivity index (χ1v) is 7.86. The maximum atomic E-state index is 12.3. The number of hydrogen-bond donors (Lipinski definition) is 2. The number of halogens is 1. The highest BCUT2D eigenvalue weighted by atomic mass is 35.5. The molecule has 0 bridgehead atoms. The second kappa shape index (κ2) is 6.06. The molecule has 0 saturated carbocycles. The van der Waals surface area contributed by atoms with E-state index in [0.29, 0.717) is 17.2 Å². The molecule has 1 aliphatic rings. The molecule has 0 spiro atoms. The molecule has 2 rings (SSSR count). The van der Waals surface area contributed by atoms with Gasteiger partial charge >= 0.3 is 5.97 Å². The summed E-state index contributed by atoms with van der Waals surface area (Å²) >= 11 is 7.46. The molecule has 4 nitrogen and oxygen atoms in total. The van der Waals surface area contributed by atoms with E-state index in [4.69, 9.17) is 11.6 Å². The van der Waals surface area contributed by atoms with Crippen molar-refractivity contribution < 1.29 is 14.7 Å². The molecule has 1 aliphatic heterocycles. The average Bonchev–Trinajstić information content (AvgIpc) is 2.87.